The first-order chi connectivity index (χ1) is 14.5. The summed E-state index contributed by atoms with van der Waals surface area (Å²) in [5.41, 5.74) is 1.21. The maximum atomic E-state index is 12.9. The molecule has 8 nitrogen and oxygen atoms in total. The van der Waals surface area contributed by atoms with Crippen molar-refractivity contribution in [2.45, 2.75) is 20.0 Å². The van der Waals surface area contributed by atoms with Crippen molar-refractivity contribution in [3.63, 3.8) is 0 Å². The van der Waals surface area contributed by atoms with Crippen LogP contribution in [0.4, 0.5) is 5.69 Å². The second-order valence-corrected chi connectivity index (χ2v) is 7.85. The van der Waals surface area contributed by atoms with Gasteiger partial charge in [-0.1, -0.05) is 23.7 Å². The summed E-state index contributed by atoms with van der Waals surface area (Å²) >= 11 is 7.20. The van der Waals surface area contributed by atoms with Crippen molar-refractivity contribution < 1.29 is 0 Å². The summed E-state index contributed by atoms with van der Waals surface area (Å²) in [5.74, 6) is 0. The molecule has 0 amide bonds. The minimum atomic E-state index is -0.528. The predicted molar refractivity (Wildman–Crippen MR) is 115 cm³/mol. The normalized spacial score (nSPS) is 11.7. The monoisotopic (exact) mass is 438 g/mol. The Balaban J connectivity index is 1.89. The fourth-order valence-corrected chi connectivity index (χ4v) is 3.91. The van der Waals surface area contributed by atoms with E-state index in [0.717, 1.165) is 14.8 Å². The molecule has 1 N–H and O–H groups in total. The lowest BCUT2D eigenvalue weighted by Crippen LogP contribution is -2.49. The average Bonchev–Trinajstić information content (AvgIpc) is 3.15. The van der Waals surface area contributed by atoms with Gasteiger partial charge in [0.1, 0.15) is 6.07 Å². The molecule has 0 aliphatic rings. The molecule has 30 heavy (non-hydrogen) atoms. The van der Waals surface area contributed by atoms with Gasteiger partial charge in [0.15, 0.2) is 5.01 Å². The molecule has 4 rings (SSSR count). The maximum Gasteiger partial charge on any atom is 0.335 e. The number of benzene rings is 2. The number of hydrogen-bond donors (Lipinski definition) is 1. The fraction of sp³-hybridized carbons (Fsp3) is 0.150. The molecule has 0 aliphatic heterocycles. The molecule has 0 saturated heterocycles. The van der Waals surface area contributed by atoms with Gasteiger partial charge in [-0.2, -0.15) is 5.26 Å². The average molecular weight is 439 g/mol. The summed E-state index contributed by atoms with van der Waals surface area (Å²) in [6.45, 7) is 2.18. The SMILES string of the molecule is CCn1c(=O)[nH]/c(=N\c2ccc3nc(C#N)sc3c2)n(Cc2ccc(Cl)cc2)c1=O. The highest BCUT2D eigenvalue weighted by Gasteiger charge is 2.09. The van der Waals surface area contributed by atoms with Crippen LogP contribution in [0.25, 0.3) is 10.2 Å². The number of H-pyrrole nitrogens is 1. The molecule has 4 aromatic rings. The Labute approximate surface area is 179 Å². The van der Waals surface area contributed by atoms with Crippen LogP contribution in [0, 0.1) is 11.3 Å². The lowest BCUT2D eigenvalue weighted by molar-refractivity contribution is 0.541. The van der Waals surface area contributed by atoms with Crippen molar-refractivity contribution in [3.8, 4) is 6.07 Å². The molecule has 0 fully saturated rings. The van der Waals surface area contributed by atoms with Gasteiger partial charge in [-0.25, -0.2) is 24.1 Å². The van der Waals surface area contributed by atoms with Gasteiger partial charge in [-0.05, 0) is 42.8 Å². The molecular weight excluding hydrogens is 424 g/mol. The standard InChI is InChI=1S/C20H15ClN6O2S/c1-2-26-19(28)25-18(27(20(26)29)11-12-3-5-13(21)6-4-12)23-14-7-8-15-16(9-14)30-17(10-22)24-15/h3-9H,2,11H2,1H3,(H,23,25,28). The number of halogens is 1. The smallest absolute Gasteiger partial charge is 0.277 e. The highest BCUT2D eigenvalue weighted by Crippen LogP contribution is 2.25. The minimum Gasteiger partial charge on any atom is -0.277 e. The molecule has 2 aromatic carbocycles. The zero-order valence-corrected chi connectivity index (χ0v) is 17.4. The van der Waals surface area contributed by atoms with E-state index in [4.69, 9.17) is 16.9 Å². The zero-order chi connectivity index (χ0) is 21.3. The van der Waals surface area contributed by atoms with Gasteiger partial charge in [0, 0.05) is 11.6 Å². The number of rotatable bonds is 4. The quantitative estimate of drug-likeness (QED) is 0.528. The molecule has 0 spiro atoms. The minimum absolute atomic E-state index is 0.133. The summed E-state index contributed by atoms with van der Waals surface area (Å²) in [4.78, 5) is 36.7. The largest absolute Gasteiger partial charge is 0.335 e. The van der Waals surface area contributed by atoms with E-state index in [-0.39, 0.29) is 18.7 Å². The number of fused-ring (bicyclic) bond motifs is 1. The van der Waals surface area contributed by atoms with Crippen LogP contribution in [-0.4, -0.2) is 19.1 Å². The molecule has 0 saturated carbocycles. The molecular formula is C20H15ClN6O2S. The number of nitrogens with one attached hydrogen (secondary N) is 1. The molecule has 0 bridgehead atoms. The third-order valence-electron chi connectivity index (χ3n) is 4.45. The van der Waals surface area contributed by atoms with Crippen LogP contribution < -0.4 is 17.0 Å². The lowest BCUT2D eigenvalue weighted by Gasteiger charge is -2.10. The lowest BCUT2D eigenvalue weighted by atomic mass is 10.2. The summed E-state index contributed by atoms with van der Waals surface area (Å²) in [5, 5.41) is 9.99. The van der Waals surface area contributed by atoms with Crippen LogP contribution in [0.1, 0.15) is 17.5 Å². The van der Waals surface area contributed by atoms with E-state index in [1.807, 2.05) is 18.2 Å². The Bertz CT molecular complexity index is 1470. The fourth-order valence-electron chi connectivity index (χ4n) is 2.99. The zero-order valence-electron chi connectivity index (χ0n) is 15.8. The van der Waals surface area contributed by atoms with Crippen molar-refractivity contribution in [2.75, 3.05) is 0 Å². The first-order valence-electron chi connectivity index (χ1n) is 9.02. The van der Waals surface area contributed by atoms with Crippen LogP contribution >= 0.6 is 22.9 Å². The number of thiazole rings is 1. The van der Waals surface area contributed by atoms with Crippen molar-refractivity contribution in [2.24, 2.45) is 4.99 Å². The highest BCUT2D eigenvalue weighted by molar-refractivity contribution is 7.19. The Morgan fingerprint density at radius 3 is 2.67 bits per heavy atom. The molecule has 150 valence electrons. The van der Waals surface area contributed by atoms with Crippen LogP contribution in [0.2, 0.25) is 5.02 Å². The van der Waals surface area contributed by atoms with E-state index in [1.165, 1.54) is 15.9 Å². The second kappa shape index (κ2) is 8.10. The van der Waals surface area contributed by atoms with E-state index in [9.17, 15) is 9.59 Å². The third kappa shape index (κ3) is 3.83. The number of hydrogen-bond acceptors (Lipinski definition) is 6. The van der Waals surface area contributed by atoms with Crippen molar-refractivity contribution >= 4 is 38.8 Å². The van der Waals surface area contributed by atoms with E-state index < -0.39 is 11.4 Å². The topological polar surface area (TPSA) is 109 Å². The molecule has 0 radical (unpaired) electrons. The van der Waals surface area contributed by atoms with Gasteiger partial charge in [0.25, 0.3) is 0 Å². The predicted octanol–water partition coefficient (Wildman–Crippen LogP) is 2.77. The molecule has 0 unspecified atom stereocenters. The van der Waals surface area contributed by atoms with E-state index in [2.05, 4.69) is 15.0 Å². The van der Waals surface area contributed by atoms with Gasteiger partial charge in [0.2, 0.25) is 5.62 Å². The van der Waals surface area contributed by atoms with Gasteiger partial charge in [-0.15, -0.1) is 11.3 Å². The van der Waals surface area contributed by atoms with Crippen LogP contribution in [0.15, 0.2) is 57.0 Å². The summed E-state index contributed by atoms with van der Waals surface area (Å²) < 4.78 is 3.31. The Hall–Kier alpha value is -3.48. The maximum absolute atomic E-state index is 12.9. The first-order valence-corrected chi connectivity index (χ1v) is 10.2. The first kappa shape index (κ1) is 19.8. The molecule has 0 aliphatic carbocycles. The number of aromatic amines is 1. The van der Waals surface area contributed by atoms with E-state index in [1.54, 1.807) is 37.3 Å². The molecule has 2 heterocycles. The second-order valence-electron chi connectivity index (χ2n) is 6.39. The van der Waals surface area contributed by atoms with Crippen LogP contribution in [0.5, 0.6) is 0 Å². The Morgan fingerprint density at radius 1 is 1.20 bits per heavy atom. The molecule has 0 atom stereocenters. The number of aromatic nitrogens is 4. The summed E-state index contributed by atoms with van der Waals surface area (Å²) in [6.07, 6.45) is 0. The van der Waals surface area contributed by atoms with E-state index in [0.29, 0.717) is 21.2 Å². The third-order valence-corrected chi connectivity index (χ3v) is 5.63. The van der Waals surface area contributed by atoms with Gasteiger partial charge >= 0.3 is 11.4 Å². The van der Waals surface area contributed by atoms with Gasteiger partial charge in [-0.3, -0.25) is 9.55 Å². The van der Waals surface area contributed by atoms with Gasteiger partial charge < -0.3 is 0 Å². The molecule has 10 heteroatoms. The highest BCUT2D eigenvalue weighted by atomic mass is 35.5. The van der Waals surface area contributed by atoms with Gasteiger partial charge in [0.05, 0.1) is 22.4 Å². The van der Waals surface area contributed by atoms with Crippen LogP contribution in [-0.2, 0) is 13.1 Å². The van der Waals surface area contributed by atoms with E-state index >= 15 is 0 Å². The number of nitrogens with zero attached hydrogens (tertiary/aromatic N) is 5. The molecule has 2 aromatic heterocycles. The summed E-state index contributed by atoms with van der Waals surface area (Å²) in [7, 11) is 0. The number of nitriles is 1. The Kier molecular flexibility index (Phi) is 5.35. The van der Waals surface area contributed by atoms with Crippen molar-refractivity contribution in [3.05, 3.63) is 84.6 Å². The van der Waals surface area contributed by atoms with Crippen LogP contribution in [0.3, 0.4) is 0 Å². The van der Waals surface area contributed by atoms with Crippen molar-refractivity contribution in [1.29, 1.82) is 5.26 Å². The Morgan fingerprint density at radius 2 is 1.97 bits per heavy atom. The van der Waals surface area contributed by atoms with Crippen molar-refractivity contribution in [1.82, 2.24) is 19.1 Å². The summed E-state index contributed by atoms with van der Waals surface area (Å²) in [6, 6.07) is 14.4.